The molecular formula is C30H32N4O6. The van der Waals surface area contributed by atoms with Gasteiger partial charge in [-0.1, -0.05) is 55.5 Å². The number of carbonyl (C=O) groups is 3. The minimum atomic E-state index is -0.542. The number of nitrogens with one attached hydrogen (secondary N) is 1. The fourth-order valence-electron chi connectivity index (χ4n) is 5.72. The summed E-state index contributed by atoms with van der Waals surface area (Å²) in [6.07, 6.45) is 0.530. The topological polar surface area (TPSA) is 123 Å². The van der Waals surface area contributed by atoms with Crippen LogP contribution in [0.25, 0.3) is 21.8 Å². The van der Waals surface area contributed by atoms with E-state index >= 15 is 0 Å². The zero-order chi connectivity index (χ0) is 28.6. The third-order valence-corrected chi connectivity index (χ3v) is 7.79. The number of methoxy groups -OCH3 is 1. The van der Waals surface area contributed by atoms with E-state index in [2.05, 4.69) is 5.32 Å². The number of ketones is 1. The molecule has 2 unspecified atom stereocenters. The standard InChI is InChI=1S/C30H32N4O6/c1-18-15-33(24(37)17-35)14-13-21(18)31-29(38)27-28(40-3)25-26(32(27)2)20-11-7-8-12-22(20)34(30(25)39)16-23(36)19-9-5-4-6-10-19/h4-12,18,21,35H,13-17H2,1-3H3,(H,31,38). The highest BCUT2D eigenvalue weighted by atomic mass is 16.5. The fraction of sp³-hybridized carbons (Fsp3) is 0.333. The van der Waals surface area contributed by atoms with Crippen LogP contribution in [0.4, 0.5) is 0 Å². The molecule has 0 bridgehead atoms. The predicted molar refractivity (Wildman–Crippen MR) is 151 cm³/mol. The van der Waals surface area contributed by atoms with Crippen LogP contribution in [0.5, 0.6) is 5.75 Å². The average molecular weight is 545 g/mol. The number of fused-ring (bicyclic) bond motifs is 3. The number of ether oxygens (including phenoxy) is 1. The molecule has 3 heterocycles. The second-order valence-electron chi connectivity index (χ2n) is 10.2. The number of aromatic nitrogens is 2. The van der Waals surface area contributed by atoms with Gasteiger partial charge in [0, 0.05) is 37.1 Å². The van der Waals surface area contributed by atoms with Gasteiger partial charge in [-0.05, 0) is 18.4 Å². The van der Waals surface area contributed by atoms with Crippen molar-refractivity contribution >= 4 is 39.4 Å². The molecular weight excluding hydrogens is 512 g/mol. The summed E-state index contributed by atoms with van der Waals surface area (Å²) in [5, 5.41) is 13.2. The lowest BCUT2D eigenvalue weighted by Crippen LogP contribution is -2.52. The smallest absolute Gasteiger partial charge is 0.272 e. The number of aliphatic hydroxyl groups is 1. The van der Waals surface area contributed by atoms with Crippen molar-refractivity contribution in [2.24, 2.45) is 13.0 Å². The summed E-state index contributed by atoms with van der Waals surface area (Å²) >= 11 is 0. The van der Waals surface area contributed by atoms with Gasteiger partial charge >= 0.3 is 0 Å². The summed E-state index contributed by atoms with van der Waals surface area (Å²) in [5.41, 5.74) is 1.40. The van der Waals surface area contributed by atoms with Crippen molar-refractivity contribution in [2.45, 2.75) is 25.9 Å². The van der Waals surface area contributed by atoms with Crippen LogP contribution >= 0.6 is 0 Å². The molecule has 1 aliphatic rings. The molecule has 0 radical (unpaired) electrons. The average Bonchev–Trinajstić information content (AvgIpc) is 3.28. The summed E-state index contributed by atoms with van der Waals surface area (Å²) in [5.74, 6) is -0.839. The van der Waals surface area contributed by atoms with Crippen molar-refractivity contribution in [1.82, 2.24) is 19.4 Å². The summed E-state index contributed by atoms with van der Waals surface area (Å²) in [4.78, 5) is 54.3. The summed E-state index contributed by atoms with van der Waals surface area (Å²) in [6.45, 7) is 2.07. The third kappa shape index (κ3) is 4.64. The first-order valence-corrected chi connectivity index (χ1v) is 13.2. The Morgan fingerprint density at radius 3 is 2.45 bits per heavy atom. The molecule has 10 nitrogen and oxygen atoms in total. The quantitative estimate of drug-likeness (QED) is 0.345. The Bertz CT molecular complexity index is 1670. The fourth-order valence-corrected chi connectivity index (χ4v) is 5.72. The number of aliphatic hydroxyl groups excluding tert-OH is 1. The monoisotopic (exact) mass is 544 g/mol. The third-order valence-electron chi connectivity index (χ3n) is 7.79. The SMILES string of the molecule is COc1c(C(=O)NC2CCN(C(=O)CO)CC2C)n(C)c2c1c(=O)n(CC(=O)c1ccccc1)c1ccccc21. The largest absolute Gasteiger partial charge is 0.493 e. The maximum absolute atomic E-state index is 14.0. The number of benzene rings is 2. The molecule has 2 N–H and O–H groups in total. The molecule has 2 aromatic heterocycles. The van der Waals surface area contributed by atoms with Crippen molar-refractivity contribution in [2.75, 3.05) is 26.8 Å². The van der Waals surface area contributed by atoms with Crippen LogP contribution < -0.4 is 15.6 Å². The Kier molecular flexibility index (Phi) is 7.44. The summed E-state index contributed by atoms with van der Waals surface area (Å²) in [7, 11) is 3.14. The van der Waals surface area contributed by atoms with Crippen molar-refractivity contribution in [1.29, 1.82) is 0 Å². The van der Waals surface area contributed by atoms with Gasteiger partial charge in [0.1, 0.15) is 12.0 Å². The van der Waals surface area contributed by atoms with Gasteiger partial charge in [0.05, 0.1) is 24.7 Å². The lowest BCUT2D eigenvalue weighted by molar-refractivity contribution is -0.136. The van der Waals surface area contributed by atoms with Crippen LogP contribution in [0, 0.1) is 5.92 Å². The number of hydrogen-bond donors (Lipinski definition) is 2. The highest BCUT2D eigenvalue weighted by Gasteiger charge is 2.33. The minimum absolute atomic E-state index is 0.0454. The molecule has 2 amide bonds. The van der Waals surface area contributed by atoms with E-state index in [1.165, 1.54) is 11.7 Å². The van der Waals surface area contributed by atoms with Crippen LogP contribution in [-0.2, 0) is 18.4 Å². The van der Waals surface area contributed by atoms with E-state index in [1.807, 2.05) is 25.1 Å². The zero-order valence-corrected chi connectivity index (χ0v) is 22.7. The normalized spacial score (nSPS) is 17.2. The van der Waals surface area contributed by atoms with Gasteiger partial charge in [0.15, 0.2) is 17.2 Å². The van der Waals surface area contributed by atoms with Crippen molar-refractivity contribution < 1.29 is 24.2 Å². The minimum Gasteiger partial charge on any atom is -0.493 e. The number of amides is 2. The van der Waals surface area contributed by atoms with Crippen molar-refractivity contribution in [3.63, 3.8) is 0 Å². The number of Topliss-reactive ketones (excluding diaryl/α,β-unsaturated/α-hetero) is 1. The Hall–Kier alpha value is -4.44. The number of aryl methyl sites for hydroxylation is 1. The molecule has 4 aromatic rings. The Morgan fingerprint density at radius 2 is 1.77 bits per heavy atom. The Balaban J connectivity index is 1.57. The number of para-hydroxylation sites is 1. The molecule has 208 valence electrons. The highest BCUT2D eigenvalue weighted by Crippen LogP contribution is 2.35. The zero-order valence-electron chi connectivity index (χ0n) is 22.7. The molecule has 1 saturated heterocycles. The number of rotatable bonds is 7. The number of hydrogen-bond acceptors (Lipinski definition) is 6. The molecule has 0 aliphatic carbocycles. The van der Waals surface area contributed by atoms with Crippen LogP contribution in [0.2, 0.25) is 0 Å². The predicted octanol–water partition coefficient (Wildman–Crippen LogP) is 2.34. The van der Waals surface area contributed by atoms with Gasteiger partial charge in [-0.25, -0.2) is 0 Å². The molecule has 0 saturated carbocycles. The van der Waals surface area contributed by atoms with Gasteiger partial charge in [0.2, 0.25) is 5.91 Å². The number of piperidine rings is 1. The highest BCUT2D eigenvalue weighted by molar-refractivity contribution is 6.12. The summed E-state index contributed by atoms with van der Waals surface area (Å²) < 4.78 is 8.80. The second-order valence-corrected chi connectivity index (χ2v) is 10.2. The molecule has 2 atom stereocenters. The second kappa shape index (κ2) is 11.0. The first kappa shape index (κ1) is 27.1. The van der Waals surface area contributed by atoms with E-state index in [-0.39, 0.29) is 47.0 Å². The molecule has 0 spiro atoms. The van der Waals surface area contributed by atoms with Gasteiger partial charge in [-0.3, -0.25) is 23.7 Å². The number of carbonyl (C=O) groups excluding carboxylic acids is 3. The Morgan fingerprint density at radius 1 is 1.07 bits per heavy atom. The lowest BCUT2D eigenvalue weighted by atomic mass is 9.93. The van der Waals surface area contributed by atoms with Crippen LogP contribution in [-0.4, -0.2) is 69.6 Å². The molecule has 10 heteroatoms. The molecule has 5 rings (SSSR count). The Labute approximate surface area is 230 Å². The number of pyridine rings is 1. The first-order chi connectivity index (χ1) is 19.3. The summed E-state index contributed by atoms with van der Waals surface area (Å²) in [6, 6.07) is 15.9. The van der Waals surface area contributed by atoms with Crippen LogP contribution in [0.1, 0.15) is 34.2 Å². The molecule has 1 aliphatic heterocycles. The lowest BCUT2D eigenvalue weighted by Gasteiger charge is -2.37. The van der Waals surface area contributed by atoms with Crippen molar-refractivity contribution in [3.05, 3.63) is 76.2 Å². The molecule has 40 heavy (non-hydrogen) atoms. The van der Waals surface area contributed by atoms with E-state index in [0.717, 1.165) is 0 Å². The van der Waals surface area contributed by atoms with Crippen molar-refractivity contribution in [3.8, 4) is 5.75 Å². The van der Waals surface area contributed by atoms with E-state index in [0.29, 0.717) is 41.5 Å². The molecule has 1 fully saturated rings. The van der Waals surface area contributed by atoms with Gasteiger partial charge in [-0.2, -0.15) is 0 Å². The first-order valence-electron chi connectivity index (χ1n) is 13.2. The van der Waals surface area contributed by atoms with Gasteiger partial charge in [-0.15, -0.1) is 0 Å². The maximum atomic E-state index is 14.0. The number of nitrogens with zero attached hydrogens (tertiary/aromatic N) is 3. The maximum Gasteiger partial charge on any atom is 0.272 e. The van der Waals surface area contributed by atoms with E-state index < -0.39 is 18.1 Å². The van der Waals surface area contributed by atoms with Crippen LogP contribution in [0.3, 0.4) is 0 Å². The van der Waals surface area contributed by atoms with E-state index in [9.17, 15) is 24.3 Å². The number of likely N-dealkylation sites (tertiary alicyclic amines) is 1. The molecule has 2 aromatic carbocycles. The van der Waals surface area contributed by atoms with Gasteiger partial charge in [0.25, 0.3) is 11.5 Å². The van der Waals surface area contributed by atoms with Crippen LogP contribution in [0.15, 0.2) is 59.4 Å². The van der Waals surface area contributed by atoms with E-state index in [4.69, 9.17) is 4.74 Å². The van der Waals surface area contributed by atoms with E-state index in [1.54, 1.807) is 52.9 Å². The van der Waals surface area contributed by atoms with Gasteiger partial charge < -0.3 is 24.6 Å².